The van der Waals surface area contributed by atoms with Gasteiger partial charge >= 0.3 is 0 Å². The van der Waals surface area contributed by atoms with E-state index in [9.17, 15) is 5.11 Å². The Bertz CT molecular complexity index is 537. The molecular formula is C19H31N3O. The summed E-state index contributed by atoms with van der Waals surface area (Å²) in [6.45, 7) is 13.4. The molecule has 1 unspecified atom stereocenters. The highest BCUT2D eigenvalue weighted by molar-refractivity contribution is 5.82. The van der Waals surface area contributed by atoms with E-state index in [1.807, 2.05) is 30.3 Å². The van der Waals surface area contributed by atoms with Crippen molar-refractivity contribution in [3.63, 3.8) is 0 Å². The van der Waals surface area contributed by atoms with Crippen molar-refractivity contribution >= 4 is 5.96 Å². The molecule has 128 valence electrons. The number of nitrogens with one attached hydrogen (secondary N) is 1. The fraction of sp³-hybridized carbons (Fsp3) is 0.632. The maximum atomic E-state index is 10.3. The quantitative estimate of drug-likeness (QED) is 0.648. The molecule has 2 N–H and O–H groups in total. The highest BCUT2D eigenvalue weighted by Crippen LogP contribution is 2.46. The van der Waals surface area contributed by atoms with Crippen molar-refractivity contribution in [2.45, 2.75) is 52.7 Å². The first-order valence-corrected chi connectivity index (χ1v) is 8.56. The van der Waals surface area contributed by atoms with Gasteiger partial charge in [-0.25, -0.2) is 0 Å². The van der Waals surface area contributed by atoms with Crippen LogP contribution in [0.25, 0.3) is 0 Å². The monoisotopic (exact) mass is 317 g/mol. The van der Waals surface area contributed by atoms with Crippen LogP contribution < -0.4 is 5.32 Å². The number of hydrogen-bond acceptors (Lipinski definition) is 2. The number of rotatable bonds is 5. The average molecular weight is 317 g/mol. The first kappa shape index (κ1) is 17.8. The molecule has 1 aliphatic rings. The van der Waals surface area contributed by atoms with Crippen LogP contribution in [0, 0.1) is 5.41 Å². The summed E-state index contributed by atoms with van der Waals surface area (Å²) in [6.07, 6.45) is 0.182. The van der Waals surface area contributed by atoms with Gasteiger partial charge in [0.1, 0.15) is 0 Å². The maximum absolute atomic E-state index is 10.3. The van der Waals surface area contributed by atoms with E-state index in [1.54, 1.807) is 0 Å². The summed E-state index contributed by atoms with van der Waals surface area (Å²) in [4.78, 5) is 6.99. The van der Waals surface area contributed by atoms with Crippen LogP contribution in [0.1, 0.15) is 40.2 Å². The largest absolute Gasteiger partial charge is 0.391 e. The number of aliphatic imine (C=N–C) groups is 1. The minimum absolute atomic E-state index is 0.0678. The van der Waals surface area contributed by atoms with Gasteiger partial charge in [0.25, 0.3) is 0 Å². The smallest absolute Gasteiger partial charge is 0.194 e. The predicted molar refractivity (Wildman–Crippen MR) is 96.7 cm³/mol. The van der Waals surface area contributed by atoms with E-state index in [-0.39, 0.29) is 11.0 Å². The van der Waals surface area contributed by atoms with Gasteiger partial charge in [0.05, 0.1) is 12.6 Å². The normalized spacial score (nSPS) is 20.8. The van der Waals surface area contributed by atoms with Crippen molar-refractivity contribution in [2.75, 3.05) is 19.6 Å². The number of benzene rings is 1. The lowest BCUT2D eigenvalue weighted by molar-refractivity contribution is -0.0668. The van der Waals surface area contributed by atoms with Gasteiger partial charge in [-0.05, 0) is 26.3 Å². The minimum Gasteiger partial charge on any atom is -0.391 e. The summed E-state index contributed by atoms with van der Waals surface area (Å²) >= 11 is 0. The van der Waals surface area contributed by atoms with E-state index in [0.29, 0.717) is 13.0 Å². The molecule has 1 atom stereocenters. The molecule has 4 nitrogen and oxygen atoms in total. The molecule has 1 aliphatic heterocycles. The highest BCUT2D eigenvalue weighted by Gasteiger charge is 2.53. The van der Waals surface area contributed by atoms with Gasteiger partial charge in [0.2, 0.25) is 0 Å². The fourth-order valence-corrected chi connectivity index (χ4v) is 2.94. The molecule has 0 aromatic heterocycles. The molecule has 0 aliphatic carbocycles. The first-order valence-electron chi connectivity index (χ1n) is 8.56. The number of likely N-dealkylation sites (tertiary alicyclic amines) is 1. The average Bonchev–Trinajstić information content (AvgIpc) is 2.50. The zero-order valence-corrected chi connectivity index (χ0v) is 15.1. The lowest BCUT2D eigenvalue weighted by atomic mass is 9.65. The van der Waals surface area contributed by atoms with Crippen LogP contribution in [0.2, 0.25) is 0 Å². The van der Waals surface area contributed by atoms with Crippen molar-refractivity contribution in [1.29, 1.82) is 0 Å². The fourth-order valence-electron chi connectivity index (χ4n) is 2.94. The van der Waals surface area contributed by atoms with E-state index in [0.717, 1.165) is 24.6 Å². The molecule has 1 heterocycles. The SMILES string of the molecule is CCNC(=NCC(O)Cc1ccccc1)N1CC(C)(C)C1(C)C. The van der Waals surface area contributed by atoms with Crippen molar-refractivity contribution in [3.05, 3.63) is 35.9 Å². The molecule has 1 aromatic rings. The van der Waals surface area contributed by atoms with E-state index in [2.05, 4.69) is 49.8 Å². The lowest BCUT2D eigenvalue weighted by Gasteiger charge is -2.62. The summed E-state index contributed by atoms with van der Waals surface area (Å²) in [5.41, 5.74) is 1.48. The molecule has 0 bridgehead atoms. The Balaban J connectivity index is 1.99. The molecule has 1 aromatic carbocycles. The molecule has 0 spiro atoms. The van der Waals surface area contributed by atoms with Gasteiger partial charge in [-0.2, -0.15) is 0 Å². The van der Waals surface area contributed by atoms with Gasteiger partial charge in [0, 0.05) is 30.5 Å². The summed E-state index contributed by atoms with van der Waals surface area (Å²) < 4.78 is 0. The maximum Gasteiger partial charge on any atom is 0.194 e. The van der Waals surface area contributed by atoms with Crippen molar-refractivity contribution in [1.82, 2.24) is 10.2 Å². The van der Waals surface area contributed by atoms with Crippen molar-refractivity contribution < 1.29 is 5.11 Å². The first-order chi connectivity index (χ1) is 10.8. The second-order valence-electron chi connectivity index (χ2n) is 7.57. The van der Waals surface area contributed by atoms with Crippen LogP contribution in [0.3, 0.4) is 0 Å². The summed E-state index contributed by atoms with van der Waals surface area (Å²) in [5.74, 6) is 0.906. The third-order valence-electron chi connectivity index (χ3n) is 5.24. The molecule has 4 heteroatoms. The molecular weight excluding hydrogens is 286 g/mol. The minimum atomic E-state index is -0.455. The van der Waals surface area contributed by atoms with Crippen LogP contribution in [-0.4, -0.2) is 47.2 Å². The van der Waals surface area contributed by atoms with Gasteiger partial charge in [-0.15, -0.1) is 0 Å². The van der Waals surface area contributed by atoms with Gasteiger partial charge < -0.3 is 15.3 Å². The molecule has 0 saturated carbocycles. The molecule has 0 radical (unpaired) electrons. The summed E-state index contributed by atoms with van der Waals surface area (Å²) in [5, 5.41) is 13.6. The Morgan fingerprint density at radius 2 is 1.91 bits per heavy atom. The van der Waals surface area contributed by atoms with Crippen molar-refractivity contribution in [3.8, 4) is 0 Å². The van der Waals surface area contributed by atoms with Crippen LogP contribution >= 0.6 is 0 Å². The predicted octanol–water partition coefficient (Wildman–Crippen LogP) is 2.68. The molecule has 2 rings (SSSR count). The Morgan fingerprint density at radius 3 is 2.43 bits per heavy atom. The topological polar surface area (TPSA) is 47.9 Å². The van der Waals surface area contributed by atoms with Gasteiger partial charge in [0.15, 0.2) is 5.96 Å². The summed E-state index contributed by atoms with van der Waals surface area (Å²) in [7, 11) is 0. The molecule has 0 amide bonds. The second-order valence-corrected chi connectivity index (χ2v) is 7.57. The number of aliphatic hydroxyl groups is 1. The third kappa shape index (κ3) is 3.86. The number of hydrogen-bond donors (Lipinski definition) is 2. The van der Waals surface area contributed by atoms with Crippen molar-refractivity contribution in [2.24, 2.45) is 10.4 Å². The lowest BCUT2D eigenvalue weighted by Crippen LogP contribution is -2.72. The summed E-state index contributed by atoms with van der Waals surface area (Å²) in [6, 6.07) is 10.1. The van der Waals surface area contributed by atoms with E-state index in [4.69, 9.17) is 0 Å². The number of nitrogens with zero attached hydrogens (tertiary/aromatic N) is 2. The third-order valence-corrected chi connectivity index (χ3v) is 5.24. The number of guanidine groups is 1. The van der Waals surface area contributed by atoms with E-state index < -0.39 is 6.10 Å². The molecule has 23 heavy (non-hydrogen) atoms. The van der Waals surface area contributed by atoms with Crippen LogP contribution in [-0.2, 0) is 6.42 Å². The Morgan fingerprint density at radius 1 is 1.26 bits per heavy atom. The second kappa shape index (κ2) is 6.91. The van der Waals surface area contributed by atoms with Crippen LogP contribution in [0.4, 0.5) is 0 Å². The Hall–Kier alpha value is -1.55. The number of aliphatic hydroxyl groups excluding tert-OH is 1. The Kier molecular flexibility index (Phi) is 5.35. The zero-order chi connectivity index (χ0) is 17.1. The molecule has 1 saturated heterocycles. The van der Waals surface area contributed by atoms with Gasteiger partial charge in [-0.3, -0.25) is 4.99 Å². The zero-order valence-electron chi connectivity index (χ0n) is 15.1. The van der Waals surface area contributed by atoms with E-state index in [1.165, 1.54) is 0 Å². The highest BCUT2D eigenvalue weighted by atomic mass is 16.3. The molecule has 1 fully saturated rings. The van der Waals surface area contributed by atoms with E-state index >= 15 is 0 Å². The van der Waals surface area contributed by atoms with Crippen LogP contribution in [0.15, 0.2) is 35.3 Å². The van der Waals surface area contributed by atoms with Crippen LogP contribution in [0.5, 0.6) is 0 Å². The Labute approximate surface area is 140 Å². The van der Waals surface area contributed by atoms with Gasteiger partial charge in [-0.1, -0.05) is 44.2 Å². The standard InChI is InChI=1S/C19H31N3O/c1-6-20-17(22-14-18(2,3)19(22,4)5)21-13-16(23)12-15-10-8-7-9-11-15/h7-11,16,23H,6,12-14H2,1-5H3,(H,20,21).